The van der Waals surface area contributed by atoms with Gasteiger partial charge in [0.1, 0.15) is 5.25 Å². The number of benzene rings is 4. The number of para-hydroxylation sites is 1. The van der Waals surface area contributed by atoms with E-state index in [0.717, 1.165) is 39.5 Å². The van der Waals surface area contributed by atoms with Gasteiger partial charge in [-0.05, 0) is 65.8 Å². The molecule has 0 saturated heterocycles. The summed E-state index contributed by atoms with van der Waals surface area (Å²) in [5, 5.41) is 12.5. The normalized spacial score (nSPS) is 12.2. The van der Waals surface area contributed by atoms with Gasteiger partial charge >= 0.3 is 0 Å². The molecule has 1 amide bonds. The van der Waals surface area contributed by atoms with Crippen LogP contribution in [0, 0.1) is 13.8 Å². The van der Waals surface area contributed by atoms with Crippen molar-refractivity contribution in [2.45, 2.75) is 50.4 Å². The van der Waals surface area contributed by atoms with Crippen molar-refractivity contribution >= 4 is 23.4 Å². The molecule has 0 aliphatic carbocycles. The standard InChI is InChI=1S/C34H34N4OS/c1-23-20-24(2)22-28(21-23)35-32(39)30(25-12-8-6-9-13-25)40-33-37-36-31(38(33)29-14-10-7-11-15-29)26-16-18-27(19-17-26)34(3,4)5/h6-22,30H,1-5H3,(H,35,39). The van der Waals surface area contributed by atoms with E-state index in [4.69, 9.17) is 0 Å². The van der Waals surface area contributed by atoms with Crippen molar-refractivity contribution in [3.63, 3.8) is 0 Å². The van der Waals surface area contributed by atoms with Crippen LogP contribution in [0.1, 0.15) is 48.3 Å². The number of nitrogens with one attached hydrogen (secondary N) is 1. The fourth-order valence-electron chi connectivity index (χ4n) is 4.72. The molecule has 0 bridgehead atoms. The molecule has 1 heterocycles. The number of hydrogen-bond acceptors (Lipinski definition) is 4. The van der Waals surface area contributed by atoms with Crippen molar-refractivity contribution in [3.8, 4) is 17.1 Å². The quantitative estimate of drug-likeness (QED) is 0.209. The molecule has 1 N–H and O–H groups in total. The van der Waals surface area contributed by atoms with Gasteiger partial charge in [-0.15, -0.1) is 10.2 Å². The zero-order valence-electron chi connectivity index (χ0n) is 23.6. The maximum atomic E-state index is 13.8. The number of hydrogen-bond donors (Lipinski definition) is 1. The molecule has 1 atom stereocenters. The Balaban J connectivity index is 1.55. The lowest BCUT2D eigenvalue weighted by Gasteiger charge is -2.19. The summed E-state index contributed by atoms with van der Waals surface area (Å²) < 4.78 is 2.04. The molecule has 0 aliphatic heterocycles. The van der Waals surface area contributed by atoms with Gasteiger partial charge in [-0.3, -0.25) is 9.36 Å². The lowest BCUT2D eigenvalue weighted by Crippen LogP contribution is -2.19. The van der Waals surface area contributed by atoms with E-state index in [9.17, 15) is 4.79 Å². The lowest BCUT2D eigenvalue weighted by molar-refractivity contribution is -0.115. The summed E-state index contributed by atoms with van der Waals surface area (Å²) in [4.78, 5) is 13.8. The summed E-state index contributed by atoms with van der Waals surface area (Å²) in [5.74, 6) is 0.621. The zero-order chi connectivity index (χ0) is 28.3. The second-order valence-corrected chi connectivity index (χ2v) is 12.2. The van der Waals surface area contributed by atoms with E-state index in [2.05, 4.69) is 66.6 Å². The minimum Gasteiger partial charge on any atom is -0.325 e. The van der Waals surface area contributed by atoms with Gasteiger partial charge in [-0.1, -0.05) is 111 Å². The largest absolute Gasteiger partial charge is 0.325 e. The van der Waals surface area contributed by atoms with Crippen LogP contribution in [0.15, 0.2) is 108 Å². The number of aryl methyl sites for hydroxylation is 2. The van der Waals surface area contributed by atoms with Crippen molar-refractivity contribution in [2.75, 3.05) is 5.32 Å². The number of amides is 1. The van der Waals surface area contributed by atoms with Crippen LogP contribution in [-0.4, -0.2) is 20.7 Å². The monoisotopic (exact) mass is 546 g/mol. The molecule has 5 nitrogen and oxygen atoms in total. The molecular formula is C34H34N4OS. The highest BCUT2D eigenvalue weighted by Gasteiger charge is 2.27. The maximum absolute atomic E-state index is 13.8. The third-order valence-electron chi connectivity index (χ3n) is 6.71. The Bertz CT molecular complexity index is 1580. The van der Waals surface area contributed by atoms with E-state index >= 15 is 0 Å². The van der Waals surface area contributed by atoms with Gasteiger partial charge < -0.3 is 5.32 Å². The number of carbonyl (C=O) groups excluding carboxylic acids is 1. The lowest BCUT2D eigenvalue weighted by atomic mass is 9.87. The smallest absolute Gasteiger partial charge is 0.242 e. The first kappa shape index (κ1) is 27.4. The predicted octanol–water partition coefficient (Wildman–Crippen LogP) is 8.32. The molecule has 5 rings (SSSR count). The predicted molar refractivity (Wildman–Crippen MR) is 165 cm³/mol. The highest BCUT2D eigenvalue weighted by molar-refractivity contribution is 8.00. The van der Waals surface area contributed by atoms with Crippen LogP contribution in [0.4, 0.5) is 5.69 Å². The highest BCUT2D eigenvalue weighted by Crippen LogP contribution is 2.38. The van der Waals surface area contributed by atoms with Gasteiger partial charge in [0, 0.05) is 16.9 Å². The van der Waals surface area contributed by atoms with Crippen molar-refractivity contribution < 1.29 is 4.79 Å². The number of aromatic nitrogens is 3. The molecule has 202 valence electrons. The average molecular weight is 547 g/mol. The van der Waals surface area contributed by atoms with Crippen molar-refractivity contribution in [2.24, 2.45) is 0 Å². The molecular weight excluding hydrogens is 512 g/mol. The molecule has 0 radical (unpaired) electrons. The van der Waals surface area contributed by atoms with Crippen LogP contribution in [0.5, 0.6) is 0 Å². The Morgan fingerprint density at radius 1 is 0.800 bits per heavy atom. The molecule has 4 aromatic carbocycles. The third kappa shape index (κ3) is 6.18. The maximum Gasteiger partial charge on any atom is 0.242 e. The van der Waals surface area contributed by atoms with E-state index in [1.165, 1.54) is 17.3 Å². The minimum absolute atomic E-state index is 0.0543. The minimum atomic E-state index is -0.537. The Kier molecular flexibility index (Phi) is 7.90. The van der Waals surface area contributed by atoms with E-state index in [1.54, 1.807) is 0 Å². The topological polar surface area (TPSA) is 59.8 Å². The molecule has 0 aliphatic rings. The van der Waals surface area contributed by atoms with Crippen molar-refractivity contribution in [1.29, 1.82) is 0 Å². The molecule has 1 unspecified atom stereocenters. The number of carbonyl (C=O) groups is 1. The fourth-order valence-corrected chi connectivity index (χ4v) is 5.78. The molecule has 6 heteroatoms. The van der Waals surface area contributed by atoms with Crippen molar-refractivity contribution in [1.82, 2.24) is 14.8 Å². The van der Waals surface area contributed by atoms with Gasteiger partial charge in [0.05, 0.1) is 0 Å². The number of rotatable bonds is 7. The number of anilines is 1. The van der Waals surface area contributed by atoms with Gasteiger partial charge in [0.2, 0.25) is 5.91 Å². The summed E-state index contributed by atoms with van der Waals surface area (Å²) in [6.45, 7) is 10.7. The summed E-state index contributed by atoms with van der Waals surface area (Å²) in [6.07, 6.45) is 0. The summed E-state index contributed by atoms with van der Waals surface area (Å²) >= 11 is 1.40. The fraction of sp³-hybridized carbons (Fsp3) is 0.206. The van der Waals surface area contributed by atoms with E-state index in [0.29, 0.717) is 5.16 Å². The van der Waals surface area contributed by atoms with Gasteiger partial charge in [-0.2, -0.15) is 0 Å². The van der Waals surface area contributed by atoms with Crippen molar-refractivity contribution in [3.05, 3.63) is 125 Å². The van der Waals surface area contributed by atoms with Gasteiger partial charge in [0.25, 0.3) is 0 Å². The molecule has 1 aromatic heterocycles. The first-order valence-electron chi connectivity index (χ1n) is 13.4. The van der Waals surface area contributed by atoms with E-state index in [-0.39, 0.29) is 11.3 Å². The zero-order valence-corrected chi connectivity index (χ0v) is 24.4. The van der Waals surface area contributed by atoms with Crippen LogP contribution in [-0.2, 0) is 10.2 Å². The van der Waals surface area contributed by atoms with Crippen LogP contribution < -0.4 is 5.32 Å². The van der Waals surface area contributed by atoms with Crippen LogP contribution in [0.3, 0.4) is 0 Å². The highest BCUT2D eigenvalue weighted by atomic mass is 32.2. The SMILES string of the molecule is Cc1cc(C)cc(NC(=O)C(Sc2nnc(-c3ccc(C(C)(C)C)cc3)n2-c2ccccc2)c2ccccc2)c1. The van der Waals surface area contributed by atoms with Crippen LogP contribution >= 0.6 is 11.8 Å². The summed E-state index contributed by atoms with van der Waals surface area (Å²) in [7, 11) is 0. The second kappa shape index (κ2) is 11.5. The van der Waals surface area contributed by atoms with Crippen LogP contribution in [0.2, 0.25) is 0 Å². The molecule has 5 aromatic rings. The number of thioether (sulfide) groups is 1. The first-order valence-corrected chi connectivity index (χ1v) is 14.3. The second-order valence-electron chi connectivity index (χ2n) is 11.1. The van der Waals surface area contributed by atoms with Crippen LogP contribution in [0.25, 0.3) is 17.1 Å². The van der Waals surface area contributed by atoms with E-state index in [1.807, 2.05) is 91.2 Å². The molecule has 0 fully saturated rings. The number of nitrogens with zero attached hydrogens (tertiary/aromatic N) is 3. The first-order chi connectivity index (χ1) is 19.2. The Morgan fingerprint density at radius 2 is 1.40 bits per heavy atom. The van der Waals surface area contributed by atoms with Gasteiger partial charge in [-0.25, -0.2) is 0 Å². The Hall–Kier alpha value is -4.16. The third-order valence-corrected chi connectivity index (χ3v) is 7.91. The van der Waals surface area contributed by atoms with Gasteiger partial charge in [0.15, 0.2) is 11.0 Å². The summed E-state index contributed by atoms with van der Waals surface area (Å²) in [6, 6.07) is 34.4. The van der Waals surface area contributed by atoms with E-state index < -0.39 is 5.25 Å². The Morgan fingerprint density at radius 3 is 2.00 bits per heavy atom. The molecule has 0 saturated carbocycles. The average Bonchev–Trinajstić information content (AvgIpc) is 3.35. The molecule has 0 spiro atoms. The molecule has 40 heavy (non-hydrogen) atoms. The Labute approximate surface area is 240 Å². The summed E-state index contributed by atoms with van der Waals surface area (Å²) in [5.41, 5.74) is 7.10.